The number of ketones is 1. The minimum absolute atomic E-state index is 0.105. The van der Waals surface area contributed by atoms with Gasteiger partial charge in [0.15, 0.2) is 16.8 Å². The average Bonchev–Trinajstić information content (AvgIpc) is 3.09. The van der Waals surface area contributed by atoms with E-state index in [-0.39, 0.29) is 17.4 Å². The summed E-state index contributed by atoms with van der Waals surface area (Å²) in [6, 6.07) is 13.0. The molecule has 2 aromatic carbocycles. The number of nitrogens with zero attached hydrogens (tertiary/aromatic N) is 3. The van der Waals surface area contributed by atoms with Crippen LogP contribution in [0.2, 0.25) is 0 Å². The zero-order valence-corrected chi connectivity index (χ0v) is 15.6. The number of carbonyl (C=O) groups excluding carboxylic acids is 1. The molecule has 0 bridgehead atoms. The number of aromatic nitrogens is 3. The molecule has 0 N–H and O–H groups in total. The molecule has 0 saturated heterocycles. The summed E-state index contributed by atoms with van der Waals surface area (Å²) in [5, 5.41) is 9.11. The first-order chi connectivity index (χ1) is 13.1. The SMILES string of the molecule is C=CCn1c(SCC(=O)c2ccc(F)cc2)nnc1-c1ccccc1OC. The molecule has 27 heavy (non-hydrogen) atoms. The van der Waals surface area contributed by atoms with Crippen molar-refractivity contribution in [2.75, 3.05) is 12.9 Å². The Morgan fingerprint density at radius 1 is 1.22 bits per heavy atom. The molecule has 0 atom stereocenters. The van der Waals surface area contributed by atoms with Crippen molar-refractivity contribution in [1.82, 2.24) is 14.8 Å². The van der Waals surface area contributed by atoms with Gasteiger partial charge in [0.05, 0.1) is 18.4 Å². The predicted octanol–water partition coefficient (Wildman–Crippen LogP) is 4.25. The summed E-state index contributed by atoms with van der Waals surface area (Å²) in [5.74, 6) is 1.03. The first-order valence-corrected chi connectivity index (χ1v) is 9.21. The summed E-state index contributed by atoms with van der Waals surface area (Å²) in [5.41, 5.74) is 1.27. The fourth-order valence-electron chi connectivity index (χ4n) is 2.57. The van der Waals surface area contributed by atoms with Gasteiger partial charge in [-0.15, -0.1) is 16.8 Å². The molecule has 0 fully saturated rings. The van der Waals surface area contributed by atoms with Crippen LogP contribution in [0.15, 0.2) is 66.3 Å². The maximum atomic E-state index is 13.0. The number of thioether (sulfide) groups is 1. The Bertz CT molecular complexity index is 954. The second-order valence-electron chi connectivity index (χ2n) is 5.62. The summed E-state index contributed by atoms with van der Waals surface area (Å²) in [4.78, 5) is 12.3. The van der Waals surface area contributed by atoms with Crippen LogP contribution in [0.4, 0.5) is 4.39 Å². The number of hydrogen-bond donors (Lipinski definition) is 0. The van der Waals surface area contributed by atoms with Gasteiger partial charge in [-0.05, 0) is 36.4 Å². The van der Waals surface area contributed by atoms with Gasteiger partial charge in [-0.3, -0.25) is 9.36 Å². The molecule has 0 aliphatic heterocycles. The molecule has 138 valence electrons. The zero-order valence-electron chi connectivity index (χ0n) is 14.8. The van der Waals surface area contributed by atoms with E-state index in [9.17, 15) is 9.18 Å². The first-order valence-electron chi connectivity index (χ1n) is 8.23. The number of halogens is 1. The van der Waals surface area contributed by atoms with Crippen LogP contribution < -0.4 is 4.74 Å². The molecular weight excluding hydrogens is 365 g/mol. The van der Waals surface area contributed by atoms with E-state index in [0.29, 0.717) is 28.8 Å². The van der Waals surface area contributed by atoms with E-state index in [1.165, 1.54) is 36.0 Å². The van der Waals surface area contributed by atoms with E-state index in [1.54, 1.807) is 13.2 Å². The highest BCUT2D eigenvalue weighted by molar-refractivity contribution is 7.99. The molecule has 3 aromatic rings. The number of methoxy groups -OCH3 is 1. The van der Waals surface area contributed by atoms with Crippen molar-refractivity contribution in [1.29, 1.82) is 0 Å². The molecule has 0 saturated carbocycles. The molecular formula is C20H18FN3O2S. The van der Waals surface area contributed by atoms with Crippen LogP contribution in [0.5, 0.6) is 5.75 Å². The van der Waals surface area contributed by atoms with Crippen LogP contribution in [-0.4, -0.2) is 33.4 Å². The molecule has 0 aliphatic carbocycles. The number of rotatable bonds is 8. The fourth-order valence-corrected chi connectivity index (χ4v) is 3.41. The second kappa shape index (κ2) is 8.64. The fraction of sp³-hybridized carbons (Fsp3) is 0.150. The van der Waals surface area contributed by atoms with Crippen molar-refractivity contribution in [2.24, 2.45) is 0 Å². The molecule has 0 spiro atoms. The van der Waals surface area contributed by atoms with E-state index >= 15 is 0 Å². The molecule has 3 rings (SSSR count). The Hall–Kier alpha value is -2.93. The van der Waals surface area contributed by atoms with Crippen molar-refractivity contribution in [3.05, 3.63) is 72.6 Å². The summed E-state index contributed by atoms with van der Waals surface area (Å²) in [6.07, 6.45) is 1.74. The van der Waals surface area contributed by atoms with Gasteiger partial charge in [-0.25, -0.2) is 4.39 Å². The summed E-state index contributed by atoms with van der Waals surface area (Å²) >= 11 is 1.28. The van der Waals surface area contributed by atoms with Crippen LogP contribution in [0.3, 0.4) is 0 Å². The lowest BCUT2D eigenvalue weighted by Gasteiger charge is -2.10. The highest BCUT2D eigenvalue weighted by Crippen LogP contribution is 2.31. The van der Waals surface area contributed by atoms with Crippen molar-refractivity contribution in [2.45, 2.75) is 11.7 Å². The molecule has 0 unspecified atom stereocenters. The Morgan fingerprint density at radius 3 is 2.67 bits per heavy atom. The third kappa shape index (κ3) is 4.25. The molecule has 1 aromatic heterocycles. The van der Waals surface area contributed by atoms with Crippen LogP contribution in [0, 0.1) is 5.82 Å². The summed E-state index contributed by atoms with van der Waals surface area (Å²) in [6.45, 7) is 4.28. The number of carbonyl (C=O) groups is 1. The number of para-hydroxylation sites is 1. The highest BCUT2D eigenvalue weighted by atomic mass is 32.2. The summed E-state index contributed by atoms with van der Waals surface area (Å²) < 4.78 is 20.3. The molecule has 5 nitrogen and oxygen atoms in total. The van der Waals surface area contributed by atoms with E-state index in [1.807, 2.05) is 28.8 Å². The molecule has 7 heteroatoms. The number of benzene rings is 2. The smallest absolute Gasteiger partial charge is 0.192 e. The van der Waals surface area contributed by atoms with Gasteiger partial charge in [0, 0.05) is 12.1 Å². The Morgan fingerprint density at radius 2 is 1.96 bits per heavy atom. The monoisotopic (exact) mass is 383 g/mol. The van der Waals surface area contributed by atoms with Crippen molar-refractivity contribution in [3.8, 4) is 17.1 Å². The van der Waals surface area contributed by atoms with Gasteiger partial charge in [0.25, 0.3) is 0 Å². The zero-order chi connectivity index (χ0) is 19.2. The highest BCUT2D eigenvalue weighted by Gasteiger charge is 2.18. The third-order valence-electron chi connectivity index (χ3n) is 3.87. The normalized spacial score (nSPS) is 10.6. The lowest BCUT2D eigenvalue weighted by Crippen LogP contribution is -2.05. The van der Waals surface area contributed by atoms with Crippen LogP contribution in [0.1, 0.15) is 10.4 Å². The largest absolute Gasteiger partial charge is 0.496 e. The van der Waals surface area contributed by atoms with Gasteiger partial charge >= 0.3 is 0 Å². The van der Waals surface area contributed by atoms with E-state index in [0.717, 1.165) is 5.56 Å². The quantitative estimate of drug-likeness (QED) is 0.331. The standard InChI is InChI=1S/C20H18FN3O2S/c1-3-12-24-19(16-6-4-5-7-18(16)26-2)22-23-20(24)27-13-17(25)14-8-10-15(21)11-9-14/h3-11H,1,12-13H2,2H3. The van der Waals surface area contributed by atoms with E-state index in [4.69, 9.17) is 4.74 Å². The Kier molecular flexibility index (Phi) is 6.03. The predicted molar refractivity (Wildman–Crippen MR) is 104 cm³/mol. The van der Waals surface area contributed by atoms with Crippen LogP contribution in [0.25, 0.3) is 11.4 Å². The van der Waals surface area contributed by atoms with Gasteiger partial charge in [0.2, 0.25) is 0 Å². The van der Waals surface area contributed by atoms with Gasteiger partial charge in [-0.1, -0.05) is 30.0 Å². The average molecular weight is 383 g/mol. The summed E-state index contributed by atoms with van der Waals surface area (Å²) in [7, 11) is 1.60. The maximum Gasteiger partial charge on any atom is 0.192 e. The van der Waals surface area contributed by atoms with Crippen LogP contribution >= 0.6 is 11.8 Å². The molecule has 1 heterocycles. The number of ether oxygens (including phenoxy) is 1. The van der Waals surface area contributed by atoms with Crippen molar-refractivity contribution < 1.29 is 13.9 Å². The first kappa shape index (κ1) is 18.8. The number of allylic oxidation sites excluding steroid dienone is 1. The Balaban J connectivity index is 1.84. The van der Waals surface area contributed by atoms with Gasteiger partial charge in [-0.2, -0.15) is 0 Å². The Labute approximate surface area is 160 Å². The minimum Gasteiger partial charge on any atom is -0.496 e. The maximum absolute atomic E-state index is 13.0. The number of Topliss-reactive ketones (excluding diaryl/α,β-unsaturated/α-hetero) is 1. The second-order valence-corrected chi connectivity index (χ2v) is 6.57. The number of hydrogen-bond acceptors (Lipinski definition) is 5. The third-order valence-corrected chi connectivity index (χ3v) is 4.84. The van der Waals surface area contributed by atoms with E-state index in [2.05, 4.69) is 16.8 Å². The van der Waals surface area contributed by atoms with Crippen LogP contribution in [-0.2, 0) is 6.54 Å². The molecule has 0 radical (unpaired) electrons. The minimum atomic E-state index is -0.369. The van der Waals surface area contributed by atoms with Crippen molar-refractivity contribution in [3.63, 3.8) is 0 Å². The lowest BCUT2D eigenvalue weighted by atomic mass is 10.1. The molecule has 0 aliphatic rings. The topological polar surface area (TPSA) is 57.0 Å². The lowest BCUT2D eigenvalue weighted by molar-refractivity contribution is 0.102. The van der Waals surface area contributed by atoms with Crippen molar-refractivity contribution >= 4 is 17.5 Å². The van der Waals surface area contributed by atoms with Gasteiger partial charge < -0.3 is 4.74 Å². The molecule has 0 amide bonds. The van der Waals surface area contributed by atoms with Gasteiger partial charge in [0.1, 0.15) is 11.6 Å². The van der Waals surface area contributed by atoms with E-state index < -0.39 is 0 Å².